The van der Waals surface area contributed by atoms with E-state index in [0.717, 1.165) is 8.81 Å². The van der Waals surface area contributed by atoms with Crippen molar-refractivity contribution in [3.8, 4) is 0 Å². The molecule has 1 aromatic rings. The van der Waals surface area contributed by atoms with Crippen LogP contribution < -0.4 is 0 Å². The predicted molar refractivity (Wildman–Crippen MR) is 41.8 cm³/mol. The van der Waals surface area contributed by atoms with Crippen molar-refractivity contribution >= 4 is 38.9 Å². The molecule has 0 aromatic carbocycles. The first-order valence-electron chi connectivity index (χ1n) is 2.11. The van der Waals surface area contributed by atoms with E-state index in [1.54, 1.807) is 11.3 Å². The number of rotatable bonds is 0. The van der Waals surface area contributed by atoms with Crippen molar-refractivity contribution < 1.29 is 0 Å². The molecule has 0 nitrogen and oxygen atoms in total. The number of hydrogen-bond acceptors (Lipinski definition) is 1. The SMILES string of the molecule is Cc1cc(Cl)c(Br)s1. The summed E-state index contributed by atoms with van der Waals surface area (Å²) in [7, 11) is 0. The Kier molecular flexibility index (Phi) is 1.96. The molecule has 0 radical (unpaired) electrons. The van der Waals surface area contributed by atoms with Gasteiger partial charge in [0.1, 0.15) is 0 Å². The van der Waals surface area contributed by atoms with E-state index in [1.165, 1.54) is 4.88 Å². The van der Waals surface area contributed by atoms with Gasteiger partial charge in [-0.05, 0) is 28.9 Å². The van der Waals surface area contributed by atoms with Crippen molar-refractivity contribution in [1.82, 2.24) is 0 Å². The molecule has 44 valence electrons. The Balaban J connectivity index is 3.14. The van der Waals surface area contributed by atoms with Crippen molar-refractivity contribution in [1.29, 1.82) is 0 Å². The van der Waals surface area contributed by atoms with E-state index in [2.05, 4.69) is 15.9 Å². The lowest BCUT2D eigenvalue weighted by molar-refractivity contribution is 1.64. The second-order valence-corrected chi connectivity index (χ2v) is 4.46. The van der Waals surface area contributed by atoms with E-state index in [1.807, 2.05) is 13.0 Å². The summed E-state index contributed by atoms with van der Waals surface area (Å²) >= 11 is 10.6. The summed E-state index contributed by atoms with van der Waals surface area (Å²) in [6, 6.07) is 1.94. The fraction of sp³-hybridized carbons (Fsp3) is 0.200. The van der Waals surface area contributed by atoms with Gasteiger partial charge in [-0.1, -0.05) is 11.6 Å². The van der Waals surface area contributed by atoms with Gasteiger partial charge in [0.15, 0.2) is 0 Å². The molecule has 0 fully saturated rings. The Morgan fingerprint density at radius 2 is 2.38 bits per heavy atom. The molecule has 0 unspecified atom stereocenters. The van der Waals surface area contributed by atoms with Crippen LogP contribution >= 0.6 is 38.9 Å². The summed E-state index contributed by atoms with van der Waals surface area (Å²) in [5, 5.41) is 0.813. The standard InChI is InChI=1S/C5H4BrClS/c1-3-2-4(7)5(6)8-3/h2H,1H3. The van der Waals surface area contributed by atoms with Crippen molar-refractivity contribution in [2.24, 2.45) is 0 Å². The molecule has 0 amide bonds. The molecule has 0 aliphatic carbocycles. The van der Waals surface area contributed by atoms with Gasteiger partial charge in [-0.15, -0.1) is 11.3 Å². The van der Waals surface area contributed by atoms with Crippen LogP contribution in [0.15, 0.2) is 9.85 Å². The summed E-state index contributed by atoms with van der Waals surface area (Å²) in [5.74, 6) is 0. The molecule has 1 heterocycles. The summed E-state index contributed by atoms with van der Waals surface area (Å²) in [6.45, 7) is 2.03. The second-order valence-electron chi connectivity index (χ2n) is 1.48. The van der Waals surface area contributed by atoms with Gasteiger partial charge < -0.3 is 0 Å². The molecule has 0 N–H and O–H groups in total. The van der Waals surface area contributed by atoms with Crippen molar-refractivity contribution in [2.45, 2.75) is 6.92 Å². The van der Waals surface area contributed by atoms with Crippen LogP contribution in [-0.4, -0.2) is 0 Å². The normalized spacial score (nSPS) is 9.88. The highest BCUT2D eigenvalue weighted by molar-refractivity contribution is 9.11. The summed E-state index contributed by atoms with van der Waals surface area (Å²) < 4.78 is 1.02. The molecule has 0 saturated heterocycles. The quantitative estimate of drug-likeness (QED) is 0.616. The molecule has 0 aliphatic heterocycles. The monoisotopic (exact) mass is 210 g/mol. The van der Waals surface area contributed by atoms with Crippen molar-refractivity contribution in [3.05, 3.63) is 19.8 Å². The summed E-state index contributed by atoms with van der Waals surface area (Å²) in [4.78, 5) is 1.24. The fourth-order valence-electron chi connectivity index (χ4n) is 0.455. The van der Waals surface area contributed by atoms with Crippen LogP contribution in [0.3, 0.4) is 0 Å². The first kappa shape index (κ1) is 6.59. The second kappa shape index (κ2) is 2.38. The number of hydrogen-bond donors (Lipinski definition) is 0. The van der Waals surface area contributed by atoms with Crippen LogP contribution in [0.5, 0.6) is 0 Å². The molecule has 0 aliphatic rings. The van der Waals surface area contributed by atoms with Gasteiger partial charge in [0, 0.05) is 4.88 Å². The van der Waals surface area contributed by atoms with Crippen LogP contribution in [0, 0.1) is 6.92 Å². The molecule has 1 rings (SSSR count). The molecule has 3 heteroatoms. The van der Waals surface area contributed by atoms with E-state index in [9.17, 15) is 0 Å². The minimum Gasteiger partial charge on any atom is -0.132 e. The topological polar surface area (TPSA) is 0 Å². The summed E-state index contributed by atoms with van der Waals surface area (Å²) in [5.41, 5.74) is 0. The lowest BCUT2D eigenvalue weighted by Gasteiger charge is -1.74. The number of thiophene rings is 1. The van der Waals surface area contributed by atoms with Crippen LogP contribution in [0.1, 0.15) is 4.88 Å². The van der Waals surface area contributed by atoms with Crippen LogP contribution in [0.4, 0.5) is 0 Å². The zero-order valence-electron chi connectivity index (χ0n) is 4.24. The average molecular weight is 212 g/mol. The maximum absolute atomic E-state index is 5.69. The zero-order chi connectivity index (χ0) is 6.15. The van der Waals surface area contributed by atoms with Crippen LogP contribution in [0.2, 0.25) is 5.02 Å². The molecular weight excluding hydrogens is 207 g/mol. The van der Waals surface area contributed by atoms with Gasteiger partial charge in [0.05, 0.1) is 8.81 Å². The van der Waals surface area contributed by atoms with E-state index >= 15 is 0 Å². The Morgan fingerprint density at radius 3 is 2.50 bits per heavy atom. The van der Waals surface area contributed by atoms with Crippen LogP contribution in [0.25, 0.3) is 0 Å². The van der Waals surface area contributed by atoms with Gasteiger partial charge >= 0.3 is 0 Å². The van der Waals surface area contributed by atoms with E-state index in [4.69, 9.17) is 11.6 Å². The van der Waals surface area contributed by atoms with Gasteiger partial charge in [-0.2, -0.15) is 0 Å². The van der Waals surface area contributed by atoms with Crippen molar-refractivity contribution in [3.63, 3.8) is 0 Å². The zero-order valence-corrected chi connectivity index (χ0v) is 7.40. The van der Waals surface area contributed by atoms with Gasteiger partial charge in [0.25, 0.3) is 0 Å². The highest BCUT2D eigenvalue weighted by Crippen LogP contribution is 2.30. The Bertz CT molecular complexity index is 175. The minimum absolute atomic E-state index is 0.813. The lowest BCUT2D eigenvalue weighted by Crippen LogP contribution is -1.47. The first-order valence-corrected chi connectivity index (χ1v) is 4.10. The first-order chi connectivity index (χ1) is 3.70. The predicted octanol–water partition coefficient (Wildman–Crippen LogP) is 3.47. The highest BCUT2D eigenvalue weighted by atomic mass is 79.9. The third kappa shape index (κ3) is 1.24. The Morgan fingerprint density at radius 1 is 1.75 bits per heavy atom. The highest BCUT2D eigenvalue weighted by Gasteiger charge is 1.97. The summed E-state index contributed by atoms with van der Waals surface area (Å²) in [6.07, 6.45) is 0. The average Bonchev–Trinajstić information content (AvgIpc) is 1.85. The van der Waals surface area contributed by atoms with E-state index in [-0.39, 0.29) is 0 Å². The number of aryl methyl sites for hydroxylation is 1. The Labute approximate surface area is 65.6 Å². The van der Waals surface area contributed by atoms with Crippen molar-refractivity contribution in [2.75, 3.05) is 0 Å². The van der Waals surface area contributed by atoms with E-state index < -0.39 is 0 Å². The smallest absolute Gasteiger partial charge is 0.0887 e. The minimum atomic E-state index is 0.813. The largest absolute Gasteiger partial charge is 0.132 e. The van der Waals surface area contributed by atoms with Gasteiger partial charge in [-0.25, -0.2) is 0 Å². The third-order valence-corrected chi connectivity index (χ3v) is 3.16. The fourth-order valence-corrected chi connectivity index (χ4v) is 2.30. The molecule has 8 heavy (non-hydrogen) atoms. The van der Waals surface area contributed by atoms with Gasteiger partial charge in [-0.3, -0.25) is 0 Å². The molecule has 0 atom stereocenters. The molecule has 0 spiro atoms. The lowest BCUT2D eigenvalue weighted by atomic mass is 10.5. The van der Waals surface area contributed by atoms with Gasteiger partial charge in [0.2, 0.25) is 0 Å². The number of halogens is 2. The maximum Gasteiger partial charge on any atom is 0.0887 e. The Hall–Kier alpha value is 0.470. The molecule has 0 saturated carbocycles. The third-order valence-electron chi connectivity index (χ3n) is 0.768. The maximum atomic E-state index is 5.69. The molecule has 1 aromatic heterocycles. The molecule has 0 bridgehead atoms. The van der Waals surface area contributed by atoms with Crippen LogP contribution in [-0.2, 0) is 0 Å². The van der Waals surface area contributed by atoms with E-state index in [0.29, 0.717) is 0 Å². The molecular formula is C5H4BrClS.